The highest BCUT2D eigenvalue weighted by Gasteiger charge is 2.20. The molecule has 0 amide bonds. The molecule has 0 saturated heterocycles. The fraction of sp³-hybridized carbons (Fsp3) is 0.400. The zero-order valence-corrected chi connectivity index (χ0v) is 9.64. The van der Waals surface area contributed by atoms with E-state index in [0.29, 0.717) is 5.75 Å². The molecule has 1 unspecified atom stereocenters. The van der Waals surface area contributed by atoms with E-state index in [1.165, 1.54) is 24.3 Å². The van der Waals surface area contributed by atoms with Crippen LogP contribution in [-0.2, 0) is 4.74 Å². The molecule has 0 aromatic heterocycles. The first-order valence-corrected chi connectivity index (χ1v) is 5.17. The molecule has 1 atom stereocenters. The Morgan fingerprint density at radius 1 is 1.22 bits per heavy atom. The molecular weight excluding hydrogens is 244 g/mol. The molecule has 0 aliphatic rings. The number of benzene rings is 1. The lowest BCUT2D eigenvalue weighted by Crippen LogP contribution is -2.30. The lowest BCUT2D eigenvalue weighted by Gasteiger charge is -2.10. The molecule has 1 rings (SSSR count). The predicted molar refractivity (Wildman–Crippen MR) is 61.0 cm³/mol. The van der Waals surface area contributed by atoms with Crippen molar-refractivity contribution in [2.45, 2.75) is 13.2 Å². The first-order chi connectivity index (χ1) is 8.54. The molecule has 0 bridgehead atoms. The molecule has 8 nitrogen and oxygen atoms in total. The van der Waals surface area contributed by atoms with Crippen LogP contribution in [0.15, 0.2) is 24.3 Å². The molecule has 0 N–H and O–H groups in total. The third-order valence-electron chi connectivity index (χ3n) is 2.03. The Labute approximate surface area is 102 Å². The monoisotopic (exact) mass is 256 g/mol. The van der Waals surface area contributed by atoms with Crippen molar-refractivity contribution in [2.75, 3.05) is 13.2 Å². The predicted octanol–water partition coefficient (Wildman–Crippen LogP) is 1.61. The molecule has 0 aliphatic carbocycles. The van der Waals surface area contributed by atoms with Crippen molar-refractivity contribution in [1.29, 1.82) is 0 Å². The average Bonchev–Trinajstić information content (AvgIpc) is 2.34. The quantitative estimate of drug-likeness (QED) is 0.417. The number of rotatable bonds is 7. The summed E-state index contributed by atoms with van der Waals surface area (Å²) in [5.74, 6) is 0.312. The SMILES string of the molecule is CCOC(COc1ccc([N+](=O)[O-])cc1)[N+](=O)[O-]. The first-order valence-electron chi connectivity index (χ1n) is 5.17. The third kappa shape index (κ3) is 3.98. The number of hydrogen-bond acceptors (Lipinski definition) is 6. The molecule has 8 heteroatoms. The van der Waals surface area contributed by atoms with Crippen molar-refractivity contribution in [3.05, 3.63) is 44.5 Å². The van der Waals surface area contributed by atoms with Gasteiger partial charge in [-0.15, -0.1) is 0 Å². The zero-order chi connectivity index (χ0) is 13.5. The van der Waals surface area contributed by atoms with E-state index in [4.69, 9.17) is 9.47 Å². The van der Waals surface area contributed by atoms with Crippen LogP contribution in [0.2, 0.25) is 0 Å². The highest BCUT2D eigenvalue weighted by atomic mass is 16.7. The minimum absolute atomic E-state index is 0.0713. The van der Waals surface area contributed by atoms with Gasteiger partial charge < -0.3 is 9.47 Å². The molecule has 0 fully saturated rings. The largest absolute Gasteiger partial charge is 0.484 e. The summed E-state index contributed by atoms with van der Waals surface area (Å²) in [6.45, 7) is 1.59. The van der Waals surface area contributed by atoms with Gasteiger partial charge in [0.05, 0.1) is 16.5 Å². The second-order valence-electron chi connectivity index (χ2n) is 3.26. The summed E-state index contributed by atoms with van der Waals surface area (Å²) in [4.78, 5) is 19.8. The molecule has 1 aromatic carbocycles. The molecule has 0 spiro atoms. The molecule has 1 aromatic rings. The fourth-order valence-electron chi connectivity index (χ4n) is 1.19. The van der Waals surface area contributed by atoms with E-state index in [1.807, 2.05) is 0 Å². The smallest absolute Gasteiger partial charge is 0.349 e. The van der Waals surface area contributed by atoms with Gasteiger partial charge in [-0.2, -0.15) is 0 Å². The number of non-ortho nitro benzene ring substituents is 1. The van der Waals surface area contributed by atoms with Crippen molar-refractivity contribution in [3.8, 4) is 5.75 Å². The maximum Gasteiger partial charge on any atom is 0.349 e. The van der Waals surface area contributed by atoms with E-state index in [2.05, 4.69) is 0 Å². The summed E-state index contributed by atoms with van der Waals surface area (Å²) in [6.07, 6.45) is -1.25. The van der Waals surface area contributed by atoms with E-state index in [-0.39, 0.29) is 18.9 Å². The van der Waals surface area contributed by atoms with Crippen LogP contribution >= 0.6 is 0 Å². The summed E-state index contributed by atoms with van der Waals surface area (Å²) in [6, 6.07) is 5.27. The van der Waals surface area contributed by atoms with Crippen LogP contribution in [0.25, 0.3) is 0 Å². The maximum atomic E-state index is 10.6. The lowest BCUT2D eigenvalue weighted by atomic mass is 10.3. The number of hydrogen-bond donors (Lipinski definition) is 0. The van der Waals surface area contributed by atoms with Crippen molar-refractivity contribution >= 4 is 5.69 Å². The van der Waals surface area contributed by atoms with Gasteiger partial charge >= 0.3 is 6.23 Å². The van der Waals surface area contributed by atoms with Crippen molar-refractivity contribution in [3.63, 3.8) is 0 Å². The Hall–Kier alpha value is -2.22. The van der Waals surface area contributed by atoms with Gasteiger partial charge in [0.2, 0.25) is 0 Å². The fourth-order valence-corrected chi connectivity index (χ4v) is 1.19. The molecule has 0 radical (unpaired) electrons. The Morgan fingerprint density at radius 3 is 2.28 bits per heavy atom. The third-order valence-corrected chi connectivity index (χ3v) is 2.03. The van der Waals surface area contributed by atoms with Crippen LogP contribution < -0.4 is 4.74 Å². The second-order valence-corrected chi connectivity index (χ2v) is 3.26. The average molecular weight is 256 g/mol. The number of nitrogens with zero attached hydrogens (tertiary/aromatic N) is 2. The Bertz CT molecular complexity index is 419. The molecule has 98 valence electrons. The highest BCUT2D eigenvalue weighted by molar-refractivity contribution is 5.35. The van der Waals surface area contributed by atoms with Gasteiger partial charge in [-0.25, -0.2) is 0 Å². The summed E-state index contributed by atoms with van der Waals surface area (Å²) < 4.78 is 9.98. The van der Waals surface area contributed by atoms with Crippen molar-refractivity contribution in [1.82, 2.24) is 0 Å². The van der Waals surface area contributed by atoms with Crippen molar-refractivity contribution in [2.24, 2.45) is 0 Å². The Morgan fingerprint density at radius 2 is 1.83 bits per heavy atom. The van der Waals surface area contributed by atoms with Crippen LogP contribution in [0.4, 0.5) is 5.69 Å². The van der Waals surface area contributed by atoms with Crippen LogP contribution in [-0.4, -0.2) is 29.3 Å². The van der Waals surface area contributed by atoms with Crippen LogP contribution in [0, 0.1) is 20.2 Å². The van der Waals surface area contributed by atoms with Gasteiger partial charge in [0.1, 0.15) is 5.75 Å². The molecule has 18 heavy (non-hydrogen) atoms. The topological polar surface area (TPSA) is 105 Å². The van der Waals surface area contributed by atoms with E-state index < -0.39 is 16.1 Å². The van der Waals surface area contributed by atoms with E-state index in [9.17, 15) is 20.2 Å². The second kappa shape index (κ2) is 6.50. The zero-order valence-electron chi connectivity index (χ0n) is 9.64. The van der Waals surface area contributed by atoms with Crippen molar-refractivity contribution < 1.29 is 19.3 Å². The van der Waals surface area contributed by atoms with Gasteiger partial charge in [-0.3, -0.25) is 20.2 Å². The lowest BCUT2D eigenvalue weighted by molar-refractivity contribution is -0.577. The molecule has 0 heterocycles. The van der Waals surface area contributed by atoms with Gasteiger partial charge in [-0.1, -0.05) is 0 Å². The molecule has 0 saturated carbocycles. The van der Waals surface area contributed by atoms with Gasteiger partial charge in [-0.05, 0) is 19.1 Å². The minimum atomic E-state index is -1.25. The standard InChI is InChI=1S/C10H12N2O6/c1-2-17-10(12(15)16)7-18-9-5-3-8(4-6-9)11(13)14/h3-6,10H,2,7H2,1H3. The maximum absolute atomic E-state index is 10.6. The van der Waals surface area contributed by atoms with Gasteiger partial charge in [0, 0.05) is 12.1 Å². The summed E-state index contributed by atoms with van der Waals surface area (Å²) in [7, 11) is 0. The van der Waals surface area contributed by atoms with Gasteiger partial charge in [0.25, 0.3) is 5.69 Å². The van der Waals surface area contributed by atoms with Gasteiger partial charge in [0.15, 0.2) is 6.61 Å². The van der Waals surface area contributed by atoms with Crippen LogP contribution in [0.5, 0.6) is 5.75 Å². The number of ether oxygens (including phenoxy) is 2. The van der Waals surface area contributed by atoms with Crippen LogP contribution in [0.1, 0.15) is 6.92 Å². The number of nitro groups is 2. The Kier molecular flexibility index (Phi) is 5.00. The highest BCUT2D eigenvalue weighted by Crippen LogP contribution is 2.17. The first kappa shape index (κ1) is 13.8. The molecule has 0 aliphatic heterocycles. The van der Waals surface area contributed by atoms with E-state index in [0.717, 1.165) is 0 Å². The summed E-state index contributed by atoms with van der Waals surface area (Å²) in [5, 5.41) is 21.0. The van der Waals surface area contributed by atoms with E-state index >= 15 is 0 Å². The summed E-state index contributed by atoms with van der Waals surface area (Å²) >= 11 is 0. The van der Waals surface area contributed by atoms with Crippen LogP contribution in [0.3, 0.4) is 0 Å². The molecular formula is C10H12N2O6. The van der Waals surface area contributed by atoms with E-state index in [1.54, 1.807) is 6.92 Å². The minimum Gasteiger partial charge on any atom is -0.484 e. The number of nitro benzene ring substituents is 1. The normalized spacial score (nSPS) is 11.8. The summed E-state index contributed by atoms with van der Waals surface area (Å²) in [5.41, 5.74) is -0.0713. The Balaban J connectivity index is 2.56.